The third-order valence-electron chi connectivity index (χ3n) is 8.59. The summed E-state index contributed by atoms with van der Waals surface area (Å²) in [5.41, 5.74) is 0.233. The van der Waals surface area contributed by atoms with Gasteiger partial charge in [-0.25, -0.2) is 9.24 Å². The number of hydrogen-bond acceptors (Lipinski definition) is 9. The molecule has 1 aromatic carbocycles. The first kappa shape index (κ1) is 26.8. The van der Waals surface area contributed by atoms with Gasteiger partial charge in [-0.1, -0.05) is 0 Å². The standard InChI is InChI=1S/C27H29FN4O7/c1-30-19-13(10-32-6-4-5-7-32)18(28)12-8-11-9-14-20(31(2)3)23(35)17(26(29)38)25(37)27(14,39)24(36)15(11)21(33)16(12)22(19)34/h11,14,20,34-36,39H,4-10H2,2-3H3,(H2,29,38)/t11-,14-,20-,27-/m0/s1. The number of ketones is 2. The number of carbonyl (C=O) groups excluding carboxylic acids is 3. The first-order valence-electron chi connectivity index (χ1n) is 12.7. The summed E-state index contributed by atoms with van der Waals surface area (Å²) in [4.78, 5) is 45.8. The molecule has 6 N–H and O–H groups in total. The van der Waals surface area contributed by atoms with Crippen molar-refractivity contribution in [1.82, 2.24) is 9.80 Å². The van der Waals surface area contributed by atoms with Gasteiger partial charge in [-0.2, -0.15) is 0 Å². The molecule has 1 amide bonds. The molecule has 1 saturated heterocycles. The fraction of sp³-hybridized carbons (Fsp3) is 0.481. The molecular formula is C27H29FN4O7. The van der Waals surface area contributed by atoms with E-state index in [1.54, 1.807) is 0 Å². The number of carbonyl (C=O) groups is 3. The third-order valence-corrected chi connectivity index (χ3v) is 8.59. The number of phenolic OH excluding ortho intramolecular Hbond substituents is 1. The van der Waals surface area contributed by atoms with Gasteiger partial charge in [0.1, 0.15) is 28.7 Å². The van der Waals surface area contributed by atoms with Gasteiger partial charge in [0.05, 0.1) is 18.2 Å². The van der Waals surface area contributed by atoms with Crippen LogP contribution in [0.3, 0.4) is 0 Å². The Labute approximate surface area is 223 Å². The SMILES string of the molecule is [C-]#[N+]c1c(O)c2c(c(F)c1CN1CCCC1)C[C@H]1C[C@H]3[C@H](N(C)C)C(O)=C(C(N)=O)C(=O)[C@@]3(O)C(O)=C1C2=O. The second kappa shape index (κ2) is 9.15. The summed E-state index contributed by atoms with van der Waals surface area (Å²) in [6.07, 6.45) is 1.54. The van der Waals surface area contributed by atoms with Crippen molar-refractivity contribution in [1.29, 1.82) is 0 Å². The van der Waals surface area contributed by atoms with Crippen LogP contribution >= 0.6 is 0 Å². The lowest BCUT2D eigenvalue weighted by Crippen LogP contribution is -2.63. The summed E-state index contributed by atoms with van der Waals surface area (Å²) < 4.78 is 16.0. The molecule has 5 rings (SSSR count). The van der Waals surface area contributed by atoms with Crippen molar-refractivity contribution in [3.63, 3.8) is 0 Å². The number of rotatable bonds is 4. The molecule has 0 radical (unpaired) electrons. The molecule has 11 nitrogen and oxygen atoms in total. The highest BCUT2D eigenvalue weighted by Crippen LogP contribution is 2.53. The molecule has 1 fully saturated rings. The lowest BCUT2D eigenvalue weighted by Gasteiger charge is -2.50. The third kappa shape index (κ3) is 3.61. The van der Waals surface area contributed by atoms with E-state index in [9.17, 15) is 34.8 Å². The predicted molar refractivity (Wildman–Crippen MR) is 134 cm³/mol. The maximum absolute atomic E-state index is 16.0. The number of aliphatic hydroxyl groups is 3. The maximum atomic E-state index is 16.0. The molecule has 12 heteroatoms. The Morgan fingerprint density at radius 3 is 2.44 bits per heavy atom. The van der Waals surface area contributed by atoms with Crippen LogP contribution in [-0.2, 0) is 22.6 Å². The zero-order valence-electron chi connectivity index (χ0n) is 21.5. The van der Waals surface area contributed by atoms with Gasteiger partial charge in [0.2, 0.25) is 11.5 Å². The minimum atomic E-state index is -2.78. The number of fused-ring (bicyclic) bond motifs is 3. The van der Waals surface area contributed by atoms with Crippen LogP contribution in [0, 0.1) is 24.2 Å². The van der Waals surface area contributed by atoms with Crippen molar-refractivity contribution < 1.29 is 39.2 Å². The van der Waals surface area contributed by atoms with E-state index in [2.05, 4.69) is 4.85 Å². The minimum Gasteiger partial charge on any atom is -0.518 e. The van der Waals surface area contributed by atoms with Crippen LogP contribution in [-0.4, -0.2) is 86.5 Å². The zero-order valence-corrected chi connectivity index (χ0v) is 21.5. The van der Waals surface area contributed by atoms with Crippen LogP contribution < -0.4 is 5.73 Å². The molecule has 39 heavy (non-hydrogen) atoms. The smallest absolute Gasteiger partial charge is 0.255 e. The number of phenols is 1. The van der Waals surface area contributed by atoms with Crippen molar-refractivity contribution in [2.45, 2.75) is 43.9 Å². The number of likely N-dealkylation sites (N-methyl/N-ethyl adjacent to an activating group) is 1. The molecule has 4 atom stereocenters. The van der Waals surface area contributed by atoms with Crippen LogP contribution in [0.4, 0.5) is 10.1 Å². The quantitative estimate of drug-likeness (QED) is 0.280. The Hall–Kier alpha value is -3.79. The predicted octanol–water partition coefficient (Wildman–Crippen LogP) is 1.41. The number of primary amides is 1. The zero-order chi connectivity index (χ0) is 28.5. The first-order valence-corrected chi connectivity index (χ1v) is 12.7. The van der Waals surface area contributed by atoms with Gasteiger partial charge in [-0.3, -0.25) is 19.3 Å². The number of aromatic hydroxyl groups is 1. The molecule has 0 unspecified atom stereocenters. The van der Waals surface area contributed by atoms with E-state index >= 15 is 4.39 Å². The van der Waals surface area contributed by atoms with E-state index in [-0.39, 0.29) is 30.5 Å². The summed E-state index contributed by atoms with van der Waals surface area (Å²) in [6, 6.07) is -1.14. The van der Waals surface area contributed by atoms with Crippen molar-refractivity contribution in [3.05, 3.63) is 56.6 Å². The highest BCUT2D eigenvalue weighted by molar-refractivity contribution is 6.24. The van der Waals surface area contributed by atoms with Gasteiger partial charge in [0, 0.05) is 29.2 Å². The molecular weight excluding hydrogens is 511 g/mol. The van der Waals surface area contributed by atoms with Crippen molar-refractivity contribution in [3.8, 4) is 5.75 Å². The Bertz CT molecular complexity index is 1440. The topological polar surface area (TPSA) is 169 Å². The number of aliphatic hydroxyl groups excluding tert-OH is 2. The average Bonchev–Trinajstić information content (AvgIpc) is 3.37. The van der Waals surface area contributed by atoms with E-state index in [0.29, 0.717) is 13.1 Å². The molecule has 1 aliphatic heterocycles. The van der Waals surface area contributed by atoms with Crippen LogP contribution in [0.1, 0.15) is 40.7 Å². The number of hydrogen-bond donors (Lipinski definition) is 5. The summed E-state index contributed by atoms with van der Waals surface area (Å²) in [5.74, 6) is -8.99. The Morgan fingerprint density at radius 2 is 1.87 bits per heavy atom. The second-order valence-electron chi connectivity index (χ2n) is 10.9. The van der Waals surface area contributed by atoms with E-state index in [1.165, 1.54) is 19.0 Å². The summed E-state index contributed by atoms with van der Waals surface area (Å²) in [7, 11) is 3.06. The molecule has 0 saturated carbocycles. The van der Waals surface area contributed by atoms with Crippen LogP contribution in [0.2, 0.25) is 0 Å². The number of halogens is 1. The number of nitrogens with zero attached hydrogens (tertiary/aromatic N) is 3. The molecule has 0 spiro atoms. The van der Waals surface area contributed by atoms with Gasteiger partial charge in [0.15, 0.2) is 11.4 Å². The number of likely N-dealkylation sites (tertiary alicyclic amines) is 1. The number of amides is 1. The average molecular weight is 541 g/mol. The molecule has 206 valence electrons. The highest BCUT2D eigenvalue weighted by atomic mass is 19.1. The fourth-order valence-corrected chi connectivity index (χ4v) is 6.82. The lowest BCUT2D eigenvalue weighted by molar-refractivity contribution is -0.148. The maximum Gasteiger partial charge on any atom is 0.255 e. The Morgan fingerprint density at radius 1 is 1.23 bits per heavy atom. The molecule has 3 aliphatic carbocycles. The first-order chi connectivity index (χ1) is 18.4. The van der Waals surface area contributed by atoms with Gasteiger partial charge in [-0.05, 0) is 58.8 Å². The Kier molecular flexibility index (Phi) is 6.29. The van der Waals surface area contributed by atoms with E-state index < -0.39 is 86.4 Å². The Balaban J connectivity index is 1.70. The highest BCUT2D eigenvalue weighted by Gasteiger charge is 2.63. The number of benzene rings is 1. The van der Waals surface area contributed by atoms with E-state index in [4.69, 9.17) is 12.3 Å². The largest absolute Gasteiger partial charge is 0.518 e. The number of nitrogens with two attached hydrogens (primary N) is 1. The monoisotopic (exact) mass is 540 g/mol. The molecule has 0 aromatic heterocycles. The van der Waals surface area contributed by atoms with Crippen molar-refractivity contribution in [2.24, 2.45) is 17.6 Å². The summed E-state index contributed by atoms with van der Waals surface area (Å²) in [5, 5.41) is 44.8. The molecule has 4 aliphatic rings. The molecule has 0 bridgehead atoms. The van der Waals surface area contributed by atoms with Crippen LogP contribution in [0.15, 0.2) is 22.7 Å². The molecule has 1 heterocycles. The van der Waals surface area contributed by atoms with Gasteiger partial charge >= 0.3 is 0 Å². The van der Waals surface area contributed by atoms with E-state index in [0.717, 1.165) is 12.8 Å². The van der Waals surface area contributed by atoms with E-state index in [1.807, 2.05) is 4.90 Å². The number of Topliss-reactive ketones (excluding diaryl/α,β-unsaturated/α-hetero) is 2. The van der Waals surface area contributed by atoms with Crippen molar-refractivity contribution in [2.75, 3.05) is 27.2 Å². The van der Waals surface area contributed by atoms with Crippen LogP contribution in [0.25, 0.3) is 4.85 Å². The summed E-state index contributed by atoms with van der Waals surface area (Å²) in [6.45, 7) is 9.08. The fourth-order valence-electron chi connectivity index (χ4n) is 6.82. The van der Waals surface area contributed by atoms with Gasteiger partial charge in [0.25, 0.3) is 5.91 Å². The van der Waals surface area contributed by atoms with Gasteiger partial charge < -0.3 is 31.1 Å². The minimum absolute atomic E-state index is 0.00870. The van der Waals surface area contributed by atoms with Crippen LogP contribution in [0.5, 0.6) is 5.75 Å². The second-order valence-corrected chi connectivity index (χ2v) is 10.9. The normalized spacial score (nSPS) is 28.9. The summed E-state index contributed by atoms with van der Waals surface area (Å²) >= 11 is 0. The number of allylic oxidation sites excluding steroid dienone is 1. The van der Waals surface area contributed by atoms with Crippen molar-refractivity contribution >= 4 is 23.2 Å². The van der Waals surface area contributed by atoms with Gasteiger partial charge in [-0.15, -0.1) is 0 Å². The lowest BCUT2D eigenvalue weighted by atomic mass is 9.58. The molecule has 1 aromatic rings.